The fourth-order valence-corrected chi connectivity index (χ4v) is 3.47. The van der Waals surface area contributed by atoms with Gasteiger partial charge in [-0.05, 0) is 49.6 Å². The normalized spacial score (nSPS) is 17.1. The van der Waals surface area contributed by atoms with Crippen LogP contribution in [0.3, 0.4) is 0 Å². The van der Waals surface area contributed by atoms with Crippen LogP contribution in [0.5, 0.6) is 0 Å². The average molecular weight is 407 g/mol. The Balaban J connectivity index is 1.60. The van der Waals surface area contributed by atoms with Gasteiger partial charge in [0.15, 0.2) is 0 Å². The van der Waals surface area contributed by atoms with E-state index in [0.29, 0.717) is 24.3 Å². The molecule has 1 aliphatic rings. The number of halogens is 3. The number of aromatic nitrogens is 2. The zero-order valence-corrected chi connectivity index (χ0v) is 15.5. The van der Waals surface area contributed by atoms with Crippen molar-refractivity contribution >= 4 is 22.9 Å². The molecule has 1 amide bonds. The molecule has 29 heavy (non-hydrogen) atoms. The Morgan fingerprint density at radius 2 is 2.17 bits per heavy atom. The van der Waals surface area contributed by atoms with E-state index >= 15 is 0 Å². The van der Waals surface area contributed by atoms with E-state index in [1.165, 1.54) is 12.3 Å². The Hall–Kier alpha value is -2.81. The standard InChI is InChI=1S/C20H20F3N3O3/c21-20(22,23)13-5-7-17-16(11-13)24-19(26(17)12-15-4-2-10-29-15)25-18(27)8-6-14-3-1-9-28-14/h2,4-5,7,10-11,14H,1,3,6,8-9,12H2,(H,24,25,27). The SMILES string of the molecule is O=C(CCC1CCCO1)Nc1nc2cc(C(F)(F)F)ccc2n1Cc1ccco1. The van der Waals surface area contributed by atoms with E-state index in [1.807, 2.05) is 0 Å². The first-order chi connectivity index (χ1) is 13.9. The lowest BCUT2D eigenvalue weighted by atomic mass is 10.1. The summed E-state index contributed by atoms with van der Waals surface area (Å²) in [4.78, 5) is 16.6. The Bertz CT molecular complexity index is 990. The molecule has 6 nitrogen and oxygen atoms in total. The van der Waals surface area contributed by atoms with E-state index in [0.717, 1.165) is 25.0 Å². The quantitative estimate of drug-likeness (QED) is 0.649. The molecule has 0 spiro atoms. The van der Waals surface area contributed by atoms with Gasteiger partial charge in [-0.15, -0.1) is 0 Å². The van der Waals surface area contributed by atoms with Crippen LogP contribution < -0.4 is 5.32 Å². The number of hydrogen-bond donors (Lipinski definition) is 1. The predicted molar refractivity (Wildman–Crippen MR) is 99.4 cm³/mol. The summed E-state index contributed by atoms with van der Waals surface area (Å²) < 4.78 is 51.7. The van der Waals surface area contributed by atoms with Crippen LogP contribution in [0.2, 0.25) is 0 Å². The van der Waals surface area contributed by atoms with Crippen molar-refractivity contribution in [3.63, 3.8) is 0 Å². The fraction of sp³-hybridized carbons (Fsp3) is 0.400. The number of fused-ring (bicyclic) bond motifs is 1. The first kappa shape index (κ1) is 19.5. The second kappa shape index (κ2) is 7.90. The van der Waals surface area contributed by atoms with Gasteiger partial charge in [0.1, 0.15) is 5.76 Å². The minimum absolute atomic E-state index is 0.0806. The van der Waals surface area contributed by atoms with Crippen molar-refractivity contribution in [1.82, 2.24) is 9.55 Å². The van der Waals surface area contributed by atoms with Crippen molar-refractivity contribution in [2.24, 2.45) is 0 Å². The molecular formula is C20H20F3N3O3. The number of alkyl halides is 3. The van der Waals surface area contributed by atoms with Gasteiger partial charge in [0, 0.05) is 13.0 Å². The second-order valence-electron chi connectivity index (χ2n) is 7.02. The molecular weight excluding hydrogens is 387 g/mol. The minimum Gasteiger partial charge on any atom is -0.467 e. The zero-order chi connectivity index (χ0) is 20.4. The largest absolute Gasteiger partial charge is 0.467 e. The molecule has 3 aromatic rings. The number of imidazole rings is 1. The molecule has 2 aromatic heterocycles. The van der Waals surface area contributed by atoms with Crippen LogP contribution in [-0.4, -0.2) is 28.2 Å². The maximum Gasteiger partial charge on any atom is 0.416 e. The molecule has 1 aliphatic heterocycles. The third-order valence-electron chi connectivity index (χ3n) is 4.94. The number of hydrogen-bond acceptors (Lipinski definition) is 4. The number of nitrogens with one attached hydrogen (secondary N) is 1. The molecule has 154 valence electrons. The number of rotatable bonds is 6. The molecule has 1 fully saturated rings. The molecule has 0 radical (unpaired) electrons. The third kappa shape index (κ3) is 4.45. The lowest BCUT2D eigenvalue weighted by molar-refractivity contribution is -0.137. The Labute approximate surface area is 164 Å². The van der Waals surface area contributed by atoms with Crippen molar-refractivity contribution in [3.8, 4) is 0 Å². The molecule has 1 atom stereocenters. The van der Waals surface area contributed by atoms with Crippen LogP contribution in [0.15, 0.2) is 41.0 Å². The van der Waals surface area contributed by atoms with E-state index < -0.39 is 11.7 Å². The Kier molecular flexibility index (Phi) is 5.31. The van der Waals surface area contributed by atoms with E-state index in [1.54, 1.807) is 16.7 Å². The number of furan rings is 1. The monoisotopic (exact) mass is 407 g/mol. The van der Waals surface area contributed by atoms with Crippen LogP contribution in [0.1, 0.15) is 37.0 Å². The average Bonchev–Trinajstić information content (AvgIpc) is 3.41. The van der Waals surface area contributed by atoms with Crippen LogP contribution in [0, 0.1) is 0 Å². The highest BCUT2D eigenvalue weighted by Gasteiger charge is 2.31. The molecule has 4 rings (SSSR count). The topological polar surface area (TPSA) is 69.3 Å². The van der Waals surface area contributed by atoms with E-state index in [-0.39, 0.29) is 36.4 Å². The number of anilines is 1. The number of amides is 1. The summed E-state index contributed by atoms with van der Waals surface area (Å²) >= 11 is 0. The predicted octanol–water partition coefficient (Wildman–Crippen LogP) is 4.59. The number of carbonyl (C=O) groups excluding carboxylic acids is 1. The molecule has 1 saturated heterocycles. The number of nitrogens with zero attached hydrogens (tertiary/aromatic N) is 2. The summed E-state index contributed by atoms with van der Waals surface area (Å²) in [6, 6.07) is 6.81. The van der Waals surface area contributed by atoms with Gasteiger partial charge < -0.3 is 13.7 Å². The maximum atomic E-state index is 13.1. The van der Waals surface area contributed by atoms with Gasteiger partial charge in [-0.2, -0.15) is 13.2 Å². The van der Waals surface area contributed by atoms with E-state index in [4.69, 9.17) is 9.15 Å². The smallest absolute Gasteiger partial charge is 0.416 e. The lowest BCUT2D eigenvalue weighted by Crippen LogP contribution is -2.18. The van der Waals surface area contributed by atoms with Gasteiger partial charge in [0.2, 0.25) is 11.9 Å². The maximum absolute atomic E-state index is 13.1. The molecule has 1 aromatic carbocycles. The van der Waals surface area contributed by atoms with Gasteiger partial charge in [-0.3, -0.25) is 10.1 Å². The molecule has 3 heterocycles. The molecule has 9 heteroatoms. The highest BCUT2D eigenvalue weighted by Crippen LogP contribution is 2.32. The van der Waals surface area contributed by atoms with Crippen LogP contribution in [0.4, 0.5) is 19.1 Å². The van der Waals surface area contributed by atoms with Crippen molar-refractivity contribution < 1.29 is 27.1 Å². The Morgan fingerprint density at radius 1 is 1.31 bits per heavy atom. The van der Waals surface area contributed by atoms with Crippen molar-refractivity contribution in [2.45, 2.75) is 44.5 Å². The van der Waals surface area contributed by atoms with Gasteiger partial charge in [-0.25, -0.2) is 4.98 Å². The zero-order valence-electron chi connectivity index (χ0n) is 15.5. The number of carbonyl (C=O) groups is 1. The first-order valence-electron chi connectivity index (χ1n) is 9.41. The second-order valence-corrected chi connectivity index (χ2v) is 7.02. The summed E-state index contributed by atoms with van der Waals surface area (Å²) in [5.41, 5.74) is -0.159. The molecule has 0 bridgehead atoms. The van der Waals surface area contributed by atoms with Crippen LogP contribution in [0.25, 0.3) is 11.0 Å². The molecule has 1 unspecified atom stereocenters. The minimum atomic E-state index is -4.47. The summed E-state index contributed by atoms with van der Waals surface area (Å²) in [5.74, 6) is 0.527. The van der Waals surface area contributed by atoms with Crippen LogP contribution >= 0.6 is 0 Å². The van der Waals surface area contributed by atoms with E-state index in [2.05, 4.69) is 10.3 Å². The Morgan fingerprint density at radius 3 is 2.86 bits per heavy atom. The summed E-state index contributed by atoms with van der Waals surface area (Å²) in [7, 11) is 0. The third-order valence-corrected chi connectivity index (χ3v) is 4.94. The molecule has 1 N–H and O–H groups in total. The van der Waals surface area contributed by atoms with Crippen molar-refractivity contribution in [3.05, 3.63) is 47.9 Å². The first-order valence-corrected chi connectivity index (χ1v) is 9.41. The highest BCUT2D eigenvalue weighted by atomic mass is 19.4. The van der Waals surface area contributed by atoms with Gasteiger partial charge in [-0.1, -0.05) is 0 Å². The van der Waals surface area contributed by atoms with Gasteiger partial charge >= 0.3 is 6.18 Å². The van der Waals surface area contributed by atoms with Crippen molar-refractivity contribution in [2.75, 3.05) is 11.9 Å². The number of benzene rings is 1. The summed E-state index contributed by atoms with van der Waals surface area (Å²) in [6.07, 6.45) is -0.0981. The van der Waals surface area contributed by atoms with Gasteiger partial charge in [0.25, 0.3) is 0 Å². The summed E-state index contributed by atoms with van der Waals surface area (Å²) in [5, 5.41) is 2.73. The highest BCUT2D eigenvalue weighted by molar-refractivity contribution is 5.91. The van der Waals surface area contributed by atoms with Gasteiger partial charge in [0.05, 0.1) is 35.5 Å². The summed E-state index contributed by atoms with van der Waals surface area (Å²) in [6.45, 7) is 0.947. The lowest BCUT2D eigenvalue weighted by Gasteiger charge is -2.11. The fourth-order valence-electron chi connectivity index (χ4n) is 3.47. The van der Waals surface area contributed by atoms with E-state index in [9.17, 15) is 18.0 Å². The molecule has 0 saturated carbocycles. The van der Waals surface area contributed by atoms with Crippen LogP contribution in [-0.2, 0) is 22.3 Å². The molecule has 0 aliphatic carbocycles. The number of ether oxygens (including phenoxy) is 1. The van der Waals surface area contributed by atoms with Crippen molar-refractivity contribution in [1.29, 1.82) is 0 Å².